The maximum Gasteiger partial charge on any atom is 0.161 e. The molecular formula is C16H25NO2S. The van der Waals surface area contributed by atoms with E-state index < -0.39 is 0 Å². The summed E-state index contributed by atoms with van der Waals surface area (Å²) in [5.74, 6) is 1.57. The second-order valence-corrected chi connectivity index (χ2v) is 6.73. The van der Waals surface area contributed by atoms with Gasteiger partial charge in [0.15, 0.2) is 11.5 Å². The molecule has 1 saturated carbocycles. The summed E-state index contributed by atoms with van der Waals surface area (Å²) in [6.07, 6.45) is 6.26. The highest BCUT2D eigenvalue weighted by Gasteiger charge is 2.35. The number of thioether (sulfide) groups is 1. The zero-order valence-corrected chi connectivity index (χ0v) is 13.7. The molecule has 0 bridgehead atoms. The topological polar surface area (TPSA) is 30.5 Å². The van der Waals surface area contributed by atoms with E-state index in [4.69, 9.17) is 9.47 Å². The van der Waals surface area contributed by atoms with Crippen LogP contribution < -0.4 is 14.8 Å². The molecule has 1 aliphatic carbocycles. The van der Waals surface area contributed by atoms with Crippen LogP contribution in [-0.4, -0.2) is 31.8 Å². The Morgan fingerprint density at radius 3 is 2.45 bits per heavy atom. The van der Waals surface area contributed by atoms with Gasteiger partial charge in [0.25, 0.3) is 0 Å². The Morgan fingerprint density at radius 2 is 1.95 bits per heavy atom. The molecule has 1 aliphatic rings. The van der Waals surface area contributed by atoms with Gasteiger partial charge in [0.05, 0.1) is 14.2 Å². The van der Waals surface area contributed by atoms with E-state index in [0.717, 1.165) is 18.0 Å². The van der Waals surface area contributed by atoms with Crippen molar-refractivity contribution in [3.05, 3.63) is 23.8 Å². The molecule has 1 fully saturated rings. The Hall–Kier alpha value is -0.870. The second kappa shape index (κ2) is 6.72. The highest BCUT2D eigenvalue weighted by atomic mass is 32.2. The van der Waals surface area contributed by atoms with Crippen molar-refractivity contribution in [2.24, 2.45) is 0 Å². The lowest BCUT2D eigenvalue weighted by Gasteiger charge is -2.41. The molecule has 112 valence electrons. The molecule has 1 aromatic carbocycles. The van der Waals surface area contributed by atoms with Gasteiger partial charge in [0.2, 0.25) is 0 Å². The van der Waals surface area contributed by atoms with Gasteiger partial charge in [-0.1, -0.05) is 12.5 Å². The molecule has 0 amide bonds. The minimum atomic E-state index is 0.319. The lowest BCUT2D eigenvalue weighted by molar-refractivity contribution is 0.333. The zero-order chi connectivity index (χ0) is 14.6. The van der Waals surface area contributed by atoms with E-state index in [9.17, 15) is 0 Å². The van der Waals surface area contributed by atoms with Crippen LogP contribution in [0.2, 0.25) is 0 Å². The molecule has 3 nitrogen and oxygen atoms in total. The standard InChI is InChI=1S/C16H25NO2S/c1-12(17-11-16(20-4)8-5-9-16)13-6-7-14(18-2)15(10-13)19-3/h6-7,10,12,17H,5,8-9,11H2,1-4H3. The van der Waals surface area contributed by atoms with Crippen molar-refractivity contribution in [2.45, 2.75) is 37.0 Å². The first-order chi connectivity index (χ1) is 9.64. The highest BCUT2D eigenvalue weighted by Crippen LogP contribution is 2.42. The van der Waals surface area contributed by atoms with Crippen molar-refractivity contribution in [3.8, 4) is 11.5 Å². The van der Waals surface area contributed by atoms with Crippen molar-refractivity contribution in [1.82, 2.24) is 5.32 Å². The Balaban J connectivity index is 2.00. The number of rotatable bonds is 7. The SMILES string of the molecule is COc1ccc(C(C)NCC2(SC)CCC2)cc1OC. The molecule has 1 N–H and O–H groups in total. The molecule has 0 aromatic heterocycles. The zero-order valence-electron chi connectivity index (χ0n) is 12.9. The van der Waals surface area contributed by atoms with E-state index in [0.29, 0.717) is 10.8 Å². The number of methoxy groups -OCH3 is 2. The van der Waals surface area contributed by atoms with Gasteiger partial charge in [-0.2, -0.15) is 11.8 Å². The van der Waals surface area contributed by atoms with Crippen molar-refractivity contribution in [3.63, 3.8) is 0 Å². The first kappa shape index (κ1) is 15.5. The van der Waals surface area contributed by atoms with E-state index in [1.807, 2.05) is 17.8 Å². The van der Waals surface area contributed by atoms with Gasteiger partial charge in [-0.25, -0.2) is 0 Å². The molecule has 1 aromatic rings. The quantitative estimate of drug-likeness (QED) is 0.832. The van der Waals surface area contributed by atoms with Crippen LogP contribution in [0, 0.1) is 0 Å². The Morgan fingerprint density at radius 1 is 1.25 bits per heavy atom. The summed E-state index contributed by atoms with van der Waals surface area (Å²) in [4.78, 5) is 0. The summed E-state index contributed by atoms with van der Waals surface area (Å²) in [7, 11) is 3.34. The number of ether oxygens (including phenoxy) is 2. The predicted molar refractivity (Wildman–Crippen MR) is 86.1 cm³/mol. The summed E-state index contributed by atoms with van der Waals surface area (Å²) in [5, 5.41) is 3.66. The minimum Gasteiger partial charge on any atom is -0.493 e. The van der Waals surface area contributed by atoms with Crippen molar-refractivity contribution < 1.29 is 9.47 Å². The lowest BCUT2D eigenvalue weighted by Crippen LogP contribution is -2.43. The summed E-state index contributed by atoms with van der Waals surface area (Å²) in [6.45, 7) is 3.28. The number of hydrogen-bond donors (Lipinski definition) is 1. The fourth-order valence-electron chi connectivity index (χ4n) is 2.60. The first-order valence-corrected chi connectivity index (χ1v) is 8.37. The van der Waals surface area contributed by atoms with Gasteiger partial charge in [0, 0.05) is 17.3 Å². The third-order valence-corrected chi connectivity index (χ3v) is 5.75. The number of nitrogens with one attached hydrogen (secondary N) is 1. The third kappa shape index (κ3) is 3.23. The average molecular weight is 295 g/mol. The van der Waals surface area contributed by atoms with Crippen LogP contribution in [0.15, 0.2) is 18.2 Å². The molecular weight excluding hydrogens is 270 g/mol. The third-order valence-electron chi connectivity index (χ3n) is 4.34. The van der Waals surface area contributed by atoms with Gasteiger partial charge in [0.1, 0.15) is 0 Å². The lowest BCUT2D eigenvalue weighted by atomic mass is 9.84. The Labute approximate surface area is 126 Å². The normalized spacial score (nSPS) is 18.2. The van der Waals surface area contributed by atoms with Crippen LogP contribution in [0.3, 0.4) is 0 Å². The van der Waals surface area contributed by atoms with E-state index in [1.54, 1.807) is 14.2 Å². The van der Waals surface area contributed by atoms with Gasteiger partial charge in [-0.05, 0) is 43.7 Å². The summed E-state index contributed by atoms with van der Waals surface area (Å²) < 4.78 is 11.1. The van der Waals surface area contributed by atoms with Crippen molar-refractivity contribution in [1.29, 1.82) is 0 Å². The van der Waals surface area contributed by atoms with E-state index in [2.05, 4.69) is 30.6 Å². The van der Waals surface area contributed by atoms with Crippen LogP contribution in [-0.2, 0) is 0 Å². The molecule has 0 heterocycles. The maximum atomic E-state index is 5.37. The molecule has 0 saturated heterocycles. The smallest absolute Gasteiger partial charge is 0.161 e. The monoisotopic (exact) mass is 295 g/mol. The molecule has 0 radical (unpaired) electrons. The molecule has 0 spiro atoms. The maximum absolute atomic E-state index is 5.37. The fraction of sp³-hybridized carbons (Fsp3) is 0.625. The second-order valence-electron chi connectivity index (χ2n) is 5.46. The number of hydrogen-bond acceptors (Lipinski definition) is 4. The number of benzene rings is 1. The molecule has 2 rings (SSSR count). The summed E-state index contributed by atoms with van der Waals surface area (Å²) in [6, 6.07) is 6.45. The van der Waals surface area contributed by atoms with Crippen LogP contribution in [0.1, 0.15) is 37.8 Å². The van der Waals surface area contributed by atoms with Gasteiger partial charge < -0.3 is 14.8 Å². The van der Waals surface area contributed by atoms with Gasteiger partial charge >= 0.3 is 0 Å². The largest absolute Gasteiger partial charge is 0.493 e. The average Bonchev–Trinajstić information content (AvgIpc) is 2.45. The highest BCUT2D eigenvalue weighted by molar-refractivity contribution is 8.00. The van der Waals surface area contributed by atoms with Crippen LogP contribution >= 0.6 is 11.8 Å². The Bertz CT molecular complexity index is 441. The van der Waals surface area contributed by atoms with E-state index in [-0.39, 0.29) is 0 Å². The molecule has 20 heavy (non-hydrogen) atoms. The van der Waals surface area contributed by atoms with E-state index >= 15 is 0 Å². The van der Waals surface area contributed by atoms with E-state index in [1.165, 1.54) is 24.8 Å². The van der Waals surface area contributed by atoms with Crippen LogP contribution in [0.25, 0.3) is 0 Å². The summed E-state index contributed by atoms with van der Waals surface area (Å²) in [5.41, 5.74) is 1.23. The van der Waals surface area contributed by atoms with Crippen molar-refractivity contribution >= 4 is 11.8 Å². The summed E-state index contributed by atoms with van der Waals surface area (Å²) >= 11 is 2.00. The molecule has 0 aliphatic heterocycles. The minimum absolute atomic E-state index is 0.319. The van der Waals surface area contributed by atoms with Crippen molar-refractivity contribution in [2.75, 3.05) is 27.0 Å². The molecule has 4 heteroatoms. The van der Waals surface area contributed by atoms with Crippen LogP contribution in [0.4, 0.5) is 0 Å². The predicted octanol–water partition coefficient (Wildman–Crippen LogP) is 3.64. The first-order valence-electron chi connectivity index (χ1n) is 7.14. The fourth-order valence-corrected chi connectivity index (χ4v) is 3.53. The molecule has 1 unspecified atom stereocenters. The van der Waals surface area contributed by atoms with Gasteiger partial charge in [-0.15, -0.1) is 0 Å². The molecule has 1 atom stereocenters. The van der Waals surface area contributed by atoms with Crippen LogP contribution in [0.5, 0.6) is 11.5 Å². The Kier molecular flexibility index (Phi) is 5.22. The van der Waals surface area contributed by atoms with Gasteiger partial charge in [-0.3, -0.25) is 0 Å².